The summed E-state index contributed by atoms with van der Waals surface area (Å²) in [6.45, 7) is 14.6. The molecule has 6 atom stereocenters. The molecule has 0 radical (unpaired) electrons. The number of carbonyl (C=O) groups is 1. The molecule has 3 fully saturated rings. The van der Waals surface area contributed by atoms with Gasteiger partial charge in [0.05, 0.1) is 0 Å². The van der Waals surface area contributed by atoms with E-state index < -0.39 is 11.6 Å². The molecule has 0 aromatic carbocycles. The number of carboxylic acids is 1. The highest BCUT2D eigenvalue weighted by Gasteiger charge is 2.72. The fraction of sp³-hybridized carbons (Fsp3) is 0.978. The Morgan fingerprint density at radius 1 is 0.400 bits per heavy atom. The Labute approximate surface area is 312 Å². The Balaban J connectivity index is 1.95. The first-order valence-corrected chi connectivity index (χ1v) is 23.0. The molecule has 0 bridgehead atoms. The molecule has 0 aliphatic carbocycles. The van der Waals surface area contributed by atoms with E-state index in [0.717, 1.165) is 6.54 Å². The summed E-state index contributed by atoms with van der Waals surface area (Å²) in [5, 5.41) is 11.8. The van der Waals surface area contributed by atoms with E-state index in [1.807, 2.05) is 0 Å². The maximum Gasteiger partial charge on any atom is 0.340 e. The molecule has 294 valence electrons. The summed E-state index contributed by atoms with van der Waals surface area (Å²) in [6, 6.07) is 2.94. The second-order valence-electron chi connectivity index (χ2n) is 17.1. The van der Waals surface area contributed by atoms with Crippen LogP contribution in [0.1, 0.15) is 234 Å². The molecule has 0 spiro atoms. The minimum atomic E-state index is -0.866. The molecule has 3 heterocycles. The molecular formula is C45H87N3O2. The molecule has 3 aliphatic rings. The quantitative estimate of drug-likeness (QED) is 0.0526. The van der Waals surface area contributed by atoms with Crippen molar-refractivity contribution in [3.05, 3.63) is 0 Å². The van der Waals surface area contributed by atoms with Crippen LogP contribution >= 0.6 is 0 Å². The molecule has 5 nitrogen and oxygen atoms in total. The molecule has 0 aromatic heterocycles. The summed E-state index contributed by atoms with van der Waals surface area (Å²) in [7, 11) is 0. The average Bonchev–Trinajstić information content (AvgIpc) is 4.07. The van der Waals surface area contributed by atoms with Crippen LogP contribution in [0.3, 0.4) is 0 Å². The van der Waals surface area contributed by atoms with E-state index in [1.54, 1.807) is 0 Å². The van der Waals surface area contributed by atoms with E-state index in [0.29, 0.717) is 36.3 Å². The molecule has 50 heavy (non-hydrogen) atoms. The summed E-state index contributed by atoms with van der Waals surface area (Å²) < 4.78 is 0. The van der Waals surface area contributed by atoms with Gasteiger partial charge in [-0.25, -0.2) is 4.79 Å². The number of aliphatic carboxylic acids is 1. The molecule has 0 amide bonds. The number of hydrogen-bond donors (Lipinski definition) is 1. The van der Waals surface area contributed by atoms with E-state index in [9.17, 15) is 9.90 Å². The number of unbranched alkanes of at least 4 members (excludes halogenated alkanes) is 18. The smallest absolute Gasteiger partial charge is 0.340 e. The third-order valence-corrected chi connectivity index (χ3v) is 13.1. The molecule has 3 saturated heterocycles. The first-order chi connectivity index (χ1) is 24.5. The van der Waals surface area contributed by atoms with Crippen molar-refractivity contribution in [2.24, 2.45) is 0 Å². The molecular weight excluding hydrogens is 615 g/mol. The van der Waals surface area contributed by atoms with Gasteiger partial charge in [-0.05, 0) is 38.5 Å². The Kier molecular flexibility index (Phi) is 21.5. The van der Waals surface area contributed by atoms with Gasteiger partial charge in [0.25, 0.3) is 0 Å². The highest BCUT2D eigenvalue weighted by molar-refractivity contribution is 5.80. The normalized spacial score (nSPS) is 29.6. The van der Waals surface area contributed by atoms with Crippen LogP contribution in [0, 0.1) is 0 Å². The first-order valence-electron chi connectivity index (χ1n) is 23.0. The predicted molar refractivity (Wildman–Crippen MR) is 216 cm³/mol. The summed E-state index contributed by atoms with van der Waals surface area (Å²) in [5.41, 5.74) is -0.866. The van der Waals surface area contributed by atoms with Crippen LogP contribution in [0.25, 0.3) is 0 Å². The average molecular weight is 702 g/mol. The lowest BCUT2D eigenvalue weighted by atomic mass is 10.1. The van der Waals surface area contributed by atoms with E-state index >= 15 is 0 Å². The standard InChI is InChI=1S/C45H87N3O2/c1-7-13-19-25-31-38-39(32-26-20-14-8-2)46(38)37-45(44(49)50,47-40(33-27-21-15-9-3)41(47)34-28-22-16-10-4)48-42(35-29-23-17-11-5)43(48)36-30-24-18-12-6/h38-43H,7-37H2,1-6H3,(H,49,50). The van der Waals surface area contributed by atoms with Crippen molar-refractivity contribution >= 4 is 5.97 Å². The summed E-state index contributed by atoms with van der Waals surface area (Å²) >= 11 is 0. The minimum Gasteiger partial charge on any atom is -0.479 e. The van der Waals surface area contributed by atoms with Gasteiger partial charge in [-0.3, -0.25) is 14.7 Å². The van der Waals surface area contributed by atoms with E-state index in [2.05, 4.69) is 56.2 Å². The van der Waals surface area contributed by atoms with E-state index in [1.165, 1.54) is 193 Å². The van der Waals surface area contributed by atoms with Crippen molar-refractivity contribution in [2.45, 2.75) is 276 Å². The van der Waals surface area contributed by atoms with E-state index in [4.69, 9.17) is 0 Å². The highest BCUT2D eigenvalue weighted by Crippen LogP contribution is 2.54. The highest BCUT2D eigenvalue weighted by atomic mass is 16.4. The monoisotopic (exact) mass is 702 g/mol. The van der Waals surface area contributed by atoms with Gasteiger partial charge in [-0.2, -0.15) is 0 Å². The van der Waals surface area contributed by atoms with Gasteiger partial charge in [0, 0.05) is 42.8 Å². The van der Waals surface area contributed by atoms with Crippen LogP contribution in [0.2, 0.25) is 0 Å². The number of nitrogens with zero attached hydrogens (tertiary/aromatic N) is 3. The number of hydrogen-bond acceptors (Lipinski definition) is 4. The lowest BCUT2D eigenvalue weighted by molar-refractivity contribution is -0.157. The zero-order chi connectivity index (χ0) is 36.2. The fourth-order valence-corrected chi connectivity index (χ4v) is 9.96. The zero-order valence-electron chi connectivity index (χ0n) is 34.6. The fourth-order valence-electron chi connectivity index (χ4n) is 9.96. The Morgan fingerprint density at radius 3 is 0.860 bits per heavy atom. The Hall–Kier alpha value is -0.650. The van der Waals surface area contributed by atoms with Gasteiger partial charge in [-0.15, -0.1) is 0 Å². The molecule has 3 aliphatic heterocycles. The van der Waals surface area contributed by atoms with Crippen molar-refractivity contribution in [1.82, 2.24) is 14.7 Å². The van der Waals surface area contributed by atoms with Crippen LogP contribution in [-0.4, -0.2) is 74.2 Å². The zero-order valence-corrected chi connectivity index (χ0v) is 34.6. The first kappa shape index (κ1) is 43.8. The van der Waals surface area contributed by atoms with Crippen molar-refractivity contribution in [1.29, 1.82) is 0 Å². The summed E-state index contributed by atoms with van der Waals surface area (Å²) in [4.78, 5) is 22.4. The molecule has 6 unspecified atom stereocenters. The van der Waals surface area contributed by atoms with Gasteiger partial charge >= 0.3 is 5.97 Å². The second kappa shape index (κ2) is 24.6. The molecule has 5 heteroatoms. The predicted octanol–water partition coefficient (Wildman–Crippen LogP) is 12.7. The number of carboxylic acid groups (broad SMARTS) is 1. The van der Waals surface area contributed by atoms with E-state index in [-0.39, 0.29) is 0 Å². The van der Waals surface area contributed by atoms with Gasteiger partial charge in [-0.1, -0.05) is 196 Å². The van der Waals surface area contributed by atoms with Crippen molar-refractivity contribution in [3.63, 3.8) is 0 Å². The largest absolute Gasteiger partial charge is 0.479 e. The second-order valence-corrected chi connectivity index (χ2v) is 17.1. The third-order valence-electron chi connectivity index (χ3n) is 13.1. The Morgan fingerprint density at radius 2 is 0.640 bits per heavy atom. The van der Waals surface area contributed by atoms with Crippen molar-refractivity contribution in [3.8, 4) is 0 Å². The van der Waals surface area contributed by atoms with Crippen LogP contribution in [-0.2, 0) is 4.79 Å². The number of rotatable bonds is 35. The topological polar surface area (TPSA) is 46.3 Å². The lowest BCUT2D eigenvalue weighted by Gasteiger charge is -2.36. The molecule has 1 N–H and O–H groups in total. The lowest BCUT2D eigenvalue weighted by Crippen LogP contribution is -2.60. The molecule has 3 rings (SSSR count). The van der Waals surface area contributed by atoms with Crippen LogP contribution in [0.5, 0.6) is 0 Å². The Bertz CT molecular complexity index is 786. The maximum atomic E-state index is 14.3. The summed E-state index contributed by atoms with van der Waals surface area (Å²) in [5.74, 6) is -0.525. The van der Waals surface area contributed by atoms with Crippen molar-refractivity contribution in [2.75, 3.05) is 6.54 Å². The molecule has 0 aromatic rings. The molecule has 0 saturated carbocycles. The maximum absolute atomic E-state index is 14.3. The summed E-state index contributed by atoms with van der Waals surface area (Å²) in [6.07, 6.45) is 38.1. The van der Waals surface area contributed by atoms with Crippen LogP contribution in [0.4, 0.5) is 0 Å². The third kappa shape index (κ3) is 13.0. The van der Waals surface area contributed by atoms with Gasteiger partial charge in [0.1, 0.15) is 0 Å². The minimum absolute atomic E-state index is 0.442. The SMILES string of the molecule is CCCCCCC1C(CCCCCC)N1CC(C(=O)O)(N1C(CCCCCC)C1CCCCCC)N1C(CCCCCC)C1CCCCCC. The van der Waals surface area contributed by atoms with Gasteiger partial charge in [0.2, 0.25) is 0 Å². The van der Waals surface area contributed by atoms with Gasteiger partial charge in [0.15, 0.2) is 5.66 Å². The van der Waals surface area contributed by atoms with Gasteiger partial charge < -0.3 is 5.11 Å². The van der Waals surface area contributed by atoms with Crippen LogP contribution in [0.15, 0.2) is 0 Å². The van der Waals surface area contributed by atoms with Crippen LogP contribution < -0.4 is 0 Å². The van der Waals surface area contributed by atoms with Crippen molar-refractivity contribution < 1.29 is 9.90 Å².